The molecule has 2 fully saturated rings. The van der Waals surface area contributed by atoms with Crippen LogP contribution in [-0.2, 0) is 19.0 Å². The molecule has 22 heavy (non-hydrogen) atoms. The molecule has 0 bridgehead atoms. The second kappa shape index (κ2) is 9.48. The number of amides is 1. The number of hydrogen-bond acceptors (Lipinski definition) is 4. The minimum absolute atomic E-state index is 0.165. The summed E-state index contributed by atoms with van der Waals surface area (Å²) in [4.78, 5) is 12.0. The van der Waals surface area contributed by atoms with Gasteiger partial charge in [0.1, 0.15) is 0 Å². The number of ether oxygens (including phenoxy) is 3. The van der Waals surface area contributed by atoms with E-state index in [1.54, 1.807) is 0 Å². The smallest absolute Gasteiger partial charge is 0.220 e. The second-order valence-corrected chi connectivity index (χ2v) is 6.81. The predicted molar refractivity (Wildman–Crippen MR) is 84.7 cm³/mol. The number of hydrogen-bond donors (Lipinski definition) is 1. The lowest BCUT2D eigenvalue weighted by Crippen LogP contribution is -2.33. The molecule has 2 rings (SSSR count). The third kappa shape index (κ3) is 6.23. The van der Waals surface area contributed by atoms with Gasteiger partial charge in [0, 0.05) is 32.8 Å². The van der Waals surface area contributed by atoms with Crippen LogP contribution in [-0.4, -0.2) is 51.1 Å². The van der Waals surface area contributed by atoms with E-state index in [9.17, 15) is 4.79 Å². The van der Waals surface area contributed by atoms with E-state index in [2.05, 4.69) is 19.2 Å². The topological polar surface area (TPSA) is 56.8 Å². The van der Waals surface area contributed by atoms with Gasteiger partial charge >= 0.3 is 0 Å². The number of rotatable bonds is 8. The summed E-state index contributed by atoms with van der Waals surface area (Å²) < 4.78 is 16.7. The lowest BCUT2D eigenvalue weighted by molar-refractivity contribution is -0.123. The Kier molecular flexibility index (Phi) is 7.63. The monoisotopic (exact) mass is 313 g/mol. The Labute approximate surface area is 134 Å². The molecule has 0 aromatic carbocycles. The van der Waals surface area contributed by atoms with Crippen molar-refractivity contribution in [2.24, 2.45) is 11.8 Å². The van der Waals surface area contributed by atoms with Crippen LogP contribution in [0.3, 0.4) is 0 Å². The maximum absolute atomic E-state index is 12.0. The van der Waals surface area contributed by atoms with Crippen LogP contribution in [0.1, 0.15) is 46.0 Å². The Balaban J connectivity index is 1.51. The lowest BCUT2D eigenvalue weighted by Gasteiger charge is -2.31. The van der Waals surface area contributed by atoms with Crippen LogP contribution in [0.4, 0.5) is 0 Å². The van der Waals surface area contributed by atoms with Gasteiger partial charge in [0.25, 0.3) is 0 Å². The summed E-state index contributed by atoms with van der Waals surface area (Å²) in [7, 11) is 0. The molecule has 2 saturated heterocycles. The highest BCUT2D eigenvalue weighted by atomic mass is 16.5. The van der Waals surface area contributed by atoms with Crippen molar-refractivity contribution in [2.75, 3.05) is 33.0 Å². The summed E-state index contributed by atoms with van der Waals surface area (Å²) in [5.41, 5.74) is 0. The molecule has 1 N–H and O–H groups in total. The molecule has 5 nitrogen and oxygen atoms in total. The highest BCUT2D eigenvalue weighted by Crippen LogP contribution is 2.27. The van der Waals surface area contributed by atoms with Gasteiger partial charge in [-0.05, 0) is 37.5 Å². The minimum Gasteiger partial charge on any atom is -0.379 e. The third-order valence-electron chi connectivity index (χ3n) is 4.53. The van der Waals surface area contributed by atoms with E-state index in [1.807, 2.05) is 0 Å². The Morgan fingerprint density at radius 2 is 2.18 bits per heavy atom. The van der Waals surface area contributed by atoms with Crippen molar-refractivity contribution in [1.29, 1.82) is 0 Å². The first-order valence-corrected chi connectivity index (χ1v) is 8.72. The van der Waals surface area contributed by atoms with Crippen LogP contribution in [0.5, 0.6) is 0 Å². The van der Waals surface area contributed by atoms with Crippen LogP contribution in [0.2, 0.25) is 0 Å². The van der Waals surface area contributed by atoms with Gasteiger partial charge in [-0.25, -0.2) is 0 Å². The fraction of sp³-hybridized carbons (Fsp3) is 0.941. The van der Waals surface area contributed by atoms with E-state index < -0.39 is 0 Å². The molecule has 0 saturated carbocycles. The van der Waals surface area contributed by atoms with Gasteiger partial charge in [-0.15, -0.1) is 0 Å². The highest BCUT2D eigenvalue weighted by molar-refractivity contribution is 5.76. The van der Waals surface area contributed by atoms with E-state index in [1.165, 1.54) is 0 Å². The SMILES string of the molecule is CC(C)[C@@H]1C[C@@H](CC(=O)NCCCO[C@@H]2CCOC2)CCO1. The molecule has 2 aliphatic heterocycles. The molecule has 5 heteroatoms. The number of nitrogens with one attached hydrogen (secondary N) is 1. The van der Waals surface area contributed by atoms with E-state index in [0.29, 0.717) is 44.1 Å². The summed E-state index contributed by atoms with van der Waals surface area (Å²) in [5.74, 6) is 1.16. The average molecular weight is 313 g/mol. The maximum Gasteiger partial charge on any atom is 0.220 e. The zero-order valence-electron chi connectivity index (χ0n) is 14.0. The van der Waals surface area contributed by atoms with E-state index in [0.717, 1.165) is 38.9 Å². The molecule has 128 valence electrons. The lowest BCUT2D eigenvalue weighted by atomic mass is 9.88. The molecule has 0 aromatic heterocycles. The minimum atomic E-state index is 0.165. The molecule has 3 atom stereocenters. The summed E-state index contributed by atoms with van der Waals surface area (Å²) in [6, 6.07) is 0. The Bertz CT molecular complexity index is 329. The van der Waals surface area contributed by atoms with Crippen molar-refractivity contribution in [3.05, 3.63) is 0 Å². The van der Waals surface area contributed by atoms with E-state index in [-0.39, 0.29) is 12.0 Å². The molecule has 0 unspecified atom stereocenters. The van der Waals surface area contributed by atoms with Crippen molar-refractivity contribution in [1.82, 2.24) is 5.32 Å². The van der Waals surface area contributed by atoms with Gasteiger partial charge < -0.3 is 19.5 Å². The van der Waals surface area contributed by atoms with Crippen molar-refractivity contribution >= 4 is 5.91 Å². The van der Waals surface area contributed by atoms with Gasteiger partial charge in [0.15, 0.2) is 0 Å². The van der Waals surface area contributed by atoms with Crippen molar-refractivity contribution < 1.29 is 19.0 Å². The van der Waals surface area contributed by atoms with Gasteiger partial charge in [0.2, 0.25) is 5.91 Å². The van der Waals surface area contributed by atoms with Crippen LogP contribution >= 0.6 is 0 Å². The van der Waals surface area contributed by atoms with Gasteiger partial charge in [-0.2, -0.15) is 0 Å². The third-order valence-corrected chi connectivity index (χ3v) is 4.53. The number of carbonyl (C=O) groups excluding carboxylic acids is 1. The Morgan fingerprint density at radius 1 is 1.32 bits per heavy atom. The maximum atomic E-state index is 12.0. The fourth-order valence-electron chi connectivity index (χ4n) is 3.08. The van der Waals surface area contributed by atoms with Gasteiger partial charge in [-0.3, -0.25) is 4.79 Å². The molecule has 0 aliphatic carbocycles. The second-order valence-electron chi connectivity index (χ2n) is 6.81. The van der Waals surface area contributed by atoms with E-state index >= 15 is 0 Å². The first kappa shape index (κ1) is 17.7. The molecule has 0 aromatic rings. The van der Waals surface area contributed by atoms with Crippen LogP contribution < -0.4 is 5.32 Å². The molecule has 0 radical (unpaired) electrons. The quantitative estimate of drug-likeness (QED) is 0.698. The number of carbonyl (C=O) groups is 1. The molecule has 2 heterocycles. The Hall–Kier alpha value is -0.650. The van der Waals surface area contributed by atoms with Crippen molar-refractivity contribution in [3.8, 4) is 0 Å². The average Bonchev–Trinajstić information content (AvgIpc) is 3.00. The van der Waals surface area contributed by atoms with Gasteiger partial charge in [0.05, 0.1) is 18.8 Å². The zero-order chi connectivity index (χ0) is 15.8. The van der Waals surface area contributed by atoms with Crippen molar-refractivity contribution in [3.63, 3.8) is 0 Å². The normalized spacial score (nSPS) is 29.0. The van der Waals surface area contributed by atoms with Gasteiger partial charge in [-0.1, -0.05) is 13.8 Å². The van der Waals surface area contributed by atoms with Crippen LogP contribution in [0.15, 0.2) is 0 Å². The summed E-state index contributed by atoms with van der Waals surface area (Å²) >= 11 is 0. The molecule has 1 amide bonds. The predicted octanol–water partition coefficient (Wildman–Crippen LogP) is 2.14. The zero-order valence-corrected chi connectivity index (χ0v) is 14.0. The molecular weight excluding hydrogens is 282 g/mol. The van der Waals surface area contributed by atoms with Crippen molar-refractivity contribution in [2.45, 2.75) is 58.2 Å². The van der Waals surface area contributed by atoms with E-state index in [4.69, 9.17) is 14.2 Å². The molecule has 2 aliphatic rings. The summed E-state index contributed by atoms with van der Waals surface area (Å²) in [6.45, 7) is 8.07. The Morgan fingerprint density at radius 3 is 2.91 bits per heavy atom. The largest absolute Gasteiger partial charge is 0.379 e. The standard InChI is InChI=1S/C17H31NO4/c1-13(2)16-10-14(4-9-22-16)11-17(19)18-6-3-7-21-15-5-8-20-12-15/h13-16H,3-12H2,1-2H3,(H,18,19)/t14-,15+,16-/m0/s1. The first-order chi connectivity index (χ1) is 10.6. The van der Waals surface area contributed by atoms with Crippen LogP contribution in [0.25, 0.3) is 0 Å². The highest BCUT2D eigenvalue weighted by Gasteiger charge is 2.26. The summed E-state index contributed by atoms with van der Waals surface area (Å²) in [6.07, 6.45) is 5.07. The fourth-order valence-corrected chi connectivity index (χ4v) is 3.08. The van der Waals surface area contributed by atoms with Crippen LogP contribution in [0, 0.1) is 11.8 Å². The summed E-state index contributed by atoms with van der Waals surface area (Å²) in [5, 5.41) is 3.01. The molecule has 0 spiro atoms. The first-order valence-electron chi connectivity index (χ1n) is 8.72. The molecular formula is C17H31NO4.